The molecule has 0 aromatic heterocycles. The van der Waals surface area contributed by atoms with E-state index in [2.05, 4.69) is 12.2 Å². The maximum absolute atomic E-state index is 11.4. The molecule has 2 aliphatic carbocycles. The summed E-state index contributed by atoms with van der Waals surface area (Å²) in [6.45, 7) is 3.62. The molecule has 0 aliphatic heterocycles. The van der Waals surface area contributed by atoms with Crippen LogP contribution in [0.15, 0.2) is 0 Å². The van der Waals surface area contributed by atoms with Crippen LogP contribution in [-0.4, -0.2) is 25.2 Å². The van der Waals surface area contributed by atoms with Crippen LogP contribution in [0.1, 0.15) is 45.4 Å². The van der Waals surface area contributed by atoms with E-state index in [0.29, 0.717) is 31.1 Å². The highest BCUT2D eigenvalue weighted by atomic mass is 16.5. The summed E-state index contributed by atoms with van der Waals surface area (Å²) in [6.07, 6.45) is 7.70. The summed E-state index contributed by atoms with van der Waals surface area (Å²) in [6, 6.07) is 0. The number of amides is 1. The predicted octanol–water partition coefficient (Wildman–Crippen LogP) is 2.11. The zero-order valence-corrected chi connectivity index (χ0v) is 10.2. The fourth-order valence-electron chi connectivity index (χ4n) is 2.40. The van der Waals surface area contributed by atoms with Crippen LogP contribution >= 0.6 is 0 Å². The smallest absolute Gasteiger partial charge is 0.223 e. The molecule has 3 nitrogen and oxygen atoms in total. The first-order chi connectivity index (χ1) is 7.77. The van der Waals surface area contributed by atoms with Crippen LogP contribution in [0.4, 0.5) is 0 Å². The predicted molar refractivity (Wildman–Crippen MR) is 63.1 cm³/mol. The zero-order chi connectivity index (χ0) is 11.4. The van der Waals surface area contributed by atoms with Crippen molar-refractivity contribution in [1.82, 2.24) is 5.32 Å². The molecule has 0 radical (unpaired) electrons. The highest BCUT2D eigenvalue weighted by molar-refractivity contribution is 5.80. The Labute approximate surface area is 97.9 Å². The first-order valence-corrected chi connectivity index (χ1v) is 6.66. The minimum Gasteiger partial charge on any atom is -0.376 e. The molecule has 0 bridgehead atoms. The van der Waals surface area contributed by atoms with E-state index in [1.807, 2.05) is 0 Å². The molecular formula is C13H23NO2. The topological polar surface area (TPSA) is 38.3 Å². The lowest BCUT2D eigenvalue weighted by Gasteiger charge is -2.28. The number of carbonyl (C=O) groups is 1. The summed E-state index contributed by atoms with van der Waals surface area (Å²) in [5, 5.41) is 2.94. The van der Waals surface area contributed by atoms with Gasteiger partial charge in [0, 0.05) is 12.5 Å². The van der Waals surface area contributed by atoms with Crippen LogP contribution in [0.25, 0.3) is 0 Å². The van der Waals surface area contributed by atoms with Crippen molar-refractivity contribution in [3.8, 4) is 0 Å². The molecule has 2 rings (SSSR count). The van der Waals surface area contributed by atoms with Gasteiger partial charge in [0.2, 0.25) is 5.91 Å². The van der Waals surface area contributed by atoms with E-state index < -0.39 is 0 Å². The SMILES string of the molecule is C[C@H]1CCCC[C@@H]1OCCNC(=O)C1CC1. The van der Waals surface area contributed by atoms with Crippen LogP contribution in [0.5, 0.6) is 0 Å². The van der Waals surface area contributed by atoms with Gasteiger partial charge in [0.25, 0.3) is 0 Å². The van der Waals surface area contributed by atoms with E-state index in [-0.39, 0.29) is 5.91 Å². The van der Waals surface area contributed by atoms with Gasteiger partial charge < -0.3 is 10.1 Å². The third kappa shape index (κ3) is 3.48. The number of rotatable bonds is 5. The quantitative estimate of drug-likeness (QED) is 0.728. The second-order valence-corrected chi connectivity index (χ2v) is 5.24. The molecule has 3 heteroatoms. The summed E-state index contributed by atoms with van der Waals surface area (Å²) in [7, 11) is 0. The lowest BCUT2D eigenvalue weighted by atomic mass is 9.88. The van der Waals surface area contributed by atoms with Crippen LogP contribution in [-0.2, 0) is 9.53 Å². The summed E-state index contributed by atoms with van der Waals surface area (Å²) >= 11 is 0. The maximum Gasteiger partial charge on any atom is 0.223 e. The first-order valence-electron chi connectivity index (χ1n) is 6.66. The molecule has 1 amide bonds. The molecular weight excluding hydrogens is 202 g/mol. The van der Waals surface area contributed by atoms with Crippen LogP contribution < -0.4 is 5.32 Å². The molecule has 92 valence electrons. The van der Waals surface area contributed by atoms with Gasteiger partial charge in [0.05, 0.1) is 12.7 Å². The second-order valence-electron chi connectivity index (χ2n) is 5.24. The molecule has 2 saturated carbocycles. The molecule has 2 fully saturated rings. The number of ether oxygens (including phenoxy) is 1. The van der Waals surface area contributed by atoms with E-state index in [4.69, 9.17) is 4.74 Å². The van der Waals surface area contributed by atoms with Gasteiger partial charge >= 0.3 is 0 Å². The number of hydrogen-bond donors (Lipinski definition) is 1. The molecule has 0 unspecified atom stereocenters. The van der Waals surface area contributed by atoms with Gasteiger partial charge in [0.1, 0.15) is 0 Å². The Hall–Kier alpha value is -0.570. The average Bonchev–Trinajstić information content (AvgIpc) is 3.10. The van der Waals surface area contributed by atoms with Gasteiger partial charge in [-0.15, -0.1) is 0 Å². The van der Waals surface area contributed by atoms with Crippen molar-refractivity contribution in [2.75, 3.05) is 13.2 Å². The molecule has 2 atom stereocenters. The number of carbonyl (C=O) groups excluding carboxylic acids is 1. The van der Waals surface area contributed by atoms with Gasteiger partial charge in [0.15, 0.2) is 0 Å². The van der Waals surface area contributed by atoms with Crippen molar-refractivity contribution in [2.45, 2.75) is 51.6 Å². The number of nitrogens with one attached hydrogen (secondary N) is 1. The van der Waals surface area contributed by atoms with Crippen LogP contribution in [0.2, 0.25) is 0 Å². The standard InChI is InChI=1S/C13H23NO2/c1-10-4-2-3-5-12(10)16-9-8-14-13(15)11-6-7-11/h10-12H,2-9H2,1H3,(H,14,15)/t10-,12-/m0/s1. The maximum atomic E-state index is 11.4. The summed E-state index contributed by atoms with van der Waals surface area (Å²) in [4.78, 5) is 11.4. The van der Waals surface area contributed by atoms with Crippen molar-refractivity contribution < 1.29 is 9.53 Å². The van der Waals surface area contributed by atoms with E-state index in [1.54, 1.807) is 0 Å². The van der Waals surface area contributed by atoms with E-state index in [0.717, 1.165) is 12.8 Å². The molecule has 16 heavy (non-hydrogen) atoms. The molecule has 1 N–H and O–H groups in total. The highest BCUT2D eigenvalue weighted by Crippen LogP contribution is 2.28. The van der Waals surface area contributed by atoms with Gasteiger partial charge in [-0.1, -0.05) is 19.8 Å². The fraction of sp³-hybridized carbons (Fsp3) is 0.923. The van der Waals surface area contributed by atoms with E-state index >= 15 is 0 Å². The van der Waals surface area contributed by atoms with Crippen molar-refractivity contribution in [3.63, 3.8) is 0 Å². The molecule has 0 saturated heterocycles. The monoisotopic (exact) mass is 225 g/mol. The minimum atomic E-state index is 0.222. The highest BCUT2D eigenvalue weighted by Gasteiger charge is 2.29. The van der Waals surface area contributed by atoms with Crippen molar-refractivity contribution in [3.05, 3.63) is 0 Å². The Morgan fingerprint density at radius 1 is 1.25 bits per heavy atom. The van der Waals surface area contributed by atoms with Gasteiger partial charge in [-0.05, 0) is 31.6 Å². The fourth-order valence-corrected chi connectivity index (χ4v) is 2.40. The van der Waals surface area contributed by atoms with Gasteiger partial charge in [-0.3, -0.25) is 4.79 Å². The zero-order valence-electron chi connectivity index (χ0n) is 10.2. The van der Waals surface area contributed by atoms with Crippen molar-refractivity contribution in [2.24, 2.45) is 11.8 Å². The summed E-state index contributed by atoms with van der Waals surface area (Å²) in [5.41, 5.74) is 0. The Morgan fingerprint density at radius 3 is 2.69 bits per heavy atom. The molecule has 2 aliphatic rings. The normalized spacial score (nSPS) is 30.1. The minimum absolute atomic E-state index is 0.222. The lowest BCUT2D eigenvalue weighted by molar-refractivity contribution is -0.122. The van der Waals surface area contributed by atoms with Gasteiger partial charge in [-0.2, -0.15) is 0 Å². The third-order valence-corrected chi connectivity index (χ3v) is 3.71. The lowest BCUT2D eigenvalue weighted by Crippen LogP contribution is -2.32. The summed E-state index contributed by atoms with van der Waals surface area (Å²) in [5.74, 6) is 1.22. The van der Waals surface area contributed by atoms with Crippen LogP contribution in [0, 0.1) is 11.8 Å². The van der Waals surface area contributed by atoms with Crippen LogP contribution in [0.3, 0.4) is 0 Å². The van der Waals surface area contributed by atoms with Crippen molar-refractivity contribution in [1.29, 1.82) is 0 Å². The Bertz CT molecular complexity index is 238. The first kappa shape index (κ1) is 11.9. The molecule has 0 spiro atoms. The molecule has 0 heterocycles. The van der Waals surface area contributed by atoms with Gasteiger partial charge in [-0.25, -0.2) is 0 Å². The Kier molecular flexibility index (Phi) is 4.22. The van der Waals surface area contributed by atoms with Crippen molar-refractivity contribution >= 4 is 5.91 Å². The number of hydrogen-bond acceptors (Lipinski definition) is 2. The Morgan fingerprint density at radius 2 is 2.00 bits per heavy atom. The average molecular weight is 225 g/mol. The second kappa shape index (κ2) is 5.67. The molecule has 0 aromatic rings. The third-order valence-electron chi connectivity index (χ3n) is 3.71. The Balaban J connectivity index is 1.54. The summed E-state index contributed by atoms with van der Waals surface area (Å²) < 4.78 is 5.83. The largest absolute Gasteiger partial charge is 0.376 e. The van der Waals surface area contributed by atoms with E-state index in [9.17, 15) is 4.79 Å². The van der Waals surface area contributed by atoms with E-state index in [1.165, 1.54) is 25.7 Å². The molecule has 0 aromatic carbocycles.